The molecule has 0 radical (unpaired) electrons. The molecule has 3 rings (SSSR count). The van der Waals surface area contributed by atoms with Crippen LogP contribution in [-0.2, 0) is 14.6 Å². The summed E-state index contributed by atoms with van der Waals surface area (Å²) in [6.07, 6.45) is 3.49. The van der Waals surface area contributed by atoms with Crippen molar-refractivity contribution in [3.8, 4) is 0 Å². The van der Waals surface area contributed by atoms with Gasteiger partial charge in [-0.15, -0.1) is 0 Å². The number of rotatable bonds is 4. The molecule has 2 heterocycles. The Hall–Kier alpha value is -2.88. The molecule has 1 aliphatic rings. The molecule has 0 spiro atoms. The minimum Gasteiger partial charge on any atom is -0.366 e. The van der Waals surface area contributed by atoms with E-state index in [1.54, 1.807) is 30.5 Å². The van der Waals surface area contributed by atoms with Crippen LogP contribution in [0, 0.1) is 0 Å². The molecule has 1 aromatic carbocycles. The van der Waals surface area contributed by atoms with E-state index >= 15 is 0 Å². The molecule has 1 amide bonds. The number of halogens is 3. The monoisotopic (exact) mass is 411 g/mol. The highest BCUT2D eigenvalue weighted by molar-refractivity contribution is 7.92. The third-order valence-electron chi connectivity index (χ3n) is 4.46. The molecule has 1 aromatic heterocycles. The zero-order chi connectivity index (χ0) is 20.5. The van der Waals surface area contributed by atoms with Crippen LogP contribution >= 0.6 is 0 Å². The summed E-state index contributed by atoms with van der Waals surface area (Å²) in [6.45, 7) is 0.322. The highest BCUT2D eigenvalue weighted by Crippen LogP contribution is 2.36. The molecule has 28 heavy (non-hydrogen) atoms. The fraction of sp³-hybridized carbons (Fsp3) is 0.222. The van der Waals surface area contributed by atoms with Crippen molar-refractivity contribution < 1.29 is 26.4 Å². The van der Waals surface area contributed by atoms with Crippen molar-refractivity contribution in [3.63, 3.8) is 0 Å². The number of pyridine rings is 1. The Labute approximate surface area is 159 Å². The molecule has 2 aromatic rings. The van der Waals surface area contributed by atoms with Crippen molar-refractivity contribution in [2.45, 2.75) is 22.9 Å². The van der Waals surface area contributed by atoms with Gasteiger partial charge >= 0.3 is 5.51 Å². The van der Waals surface area contributed by atoms with Crippen molar-refractivity contribution in [1.29, 1.82) is 0 Å². The van der Waals surface area contributed by atoms with Crippen LogP contribution in [-0.4, -0.2) is 31.4 Å². The Morgan fingerprint density at radius 3 is 2.36 bits per heavy atom. The smallest absolute Gasteiger partial charge is 0.366 e. The fourth-order valence-electron chi connectivity index (χ4n) is 3.02. The molecule has 1 atom stereocenters. The maximum absolute atomic E-state index is 12.7. The van der Waals surface area contributed by atoms with E-state index in [0.717, 1.165) is 12.1 Å². The molecule has 148 valence electrons. The lowest BCUT2D eigenvalue weighted by Crippen LogP contribution is -2.35. The number of sulfone groups is 1. The van der Waals surface area contributed by atoms with Crippen LogP contribution in [0.5, 0.6) is 0 Å². The quantitative estimate of drug-likeness (QED) is 0.835. The van der Waals surface area contributed by atoms with Crippen LogP contribution in [0.2, 0.25) is 0 Å². The molecule has 6 nitrogen and oxygen atoms in total. The number of hydrogen-bond acceptors (Lipinski definition) is 5. The van der Waals surface area contributed by atoms with Gasteiger partial charge in [0.25, 0.3) is 9.84 Å². The van der Waals surface area contributed by atoms with Gasteiger partial charge < -0.3 is 10.6 Å². The Balaban J connectivity index is 1.99. The van der Waals surface area contributed by atoms with Crippen LogP contribution in [0.25, 0.3) is 0 Å². The first kappa shape index (κ1) is 19.9. The van der Waals surface area contributed by atoms with Crippen molar-refractivity contribution >= 4 is 21.6 Å². The van der Waals surface area contributed by atoms with E-state index in [2.05, 4.69) is 4.98 Å². The molecule has 2 N–H and O–H groups in total. The molecule has 1 aliphatic heterocycles. The topological polar surface area (TPSA) is 93.4 Å². The van der Waals surface area contributed by atoms with Gasteiger partial charge in [-0.05, 0) is 29.8 Å². The molecular formula is C18H16F3N3O3S. The van der Waals surface area contributed by atoms with E-state index in [9.17, 15) is 26.4 Å². The largest absolute Gasteiger partial charge is 0.501 e. The number of amides is 1. The highest BCUT2D eigenvalue weighted by atomic mass is 32.2. The van der Waals surface area contributed by atoms with E-state index in [0.29, 0.717) is 23.5 Å². The number of hydrogen-bond donors (Lipinski definition) is 1. The Morgan fingerprint density at radius 1 is 1.14 bits per heavy atom. The Kier molecular flexibility index (Phi) is 5.16. The first-order valence-electron chi connectivity index (χ1n) is 8.19. The molecule has 1 unspecified atom stereocenters. The predicted molar refractivity (Wildman–Crippen MR) is 95.9 cm³/mol. The maximum atomic E-state index is 12.7. The van der Waals surface area contributed by atoms with Gasteiger partial charge in [0.15, 0.2) is 0 Å². The normalized spacial score (nSPS) is 17.9. The Morgan fingerprint density at radius 2 is 1.82 bits per heavy atom. The van der Waals surface area contributed by atoms with Gasteiger partial charge in [0.05, 0.1) is 10.9 Å². The first-order chi connectivity index (χ1) is 13.1. The summed E-state index contributed by atoms with van der Waals surface area (Å²) in [5.41, 5.74) is 0.934. The number of nitrogens with zero attached hydrogens (tertiary/aromatic N) is 2. The maximum Gasteiger partial charge on any atom is 0.501 e. The first-order valence-corrected chi connectivity index (χ1v) is 9.67. The lowest BCUT2D eigenvalue weighted by molar-refractivity contribution is -0.114. The zero-order valence-corrected chi connectivity index (χ0v) is 15.2. The van der Waals surface area contributed by atoms with Gasteiger partial charge in [0.2, 0.25) is 5.91 Å². The fourth-order valence-corrected chi connectivity index (χ4v) is 3.78. The van der Waals surface area contributed by atoms with Gasteiger partial charge in [-0.1, -0.05) is 24.3 Å². The summed E-state index contributed by atoms with van der Waals surface area (Å²) in [5, 5.41) is 0. The number of benzene rings is 1. The summed E-state index contributed by atoms with van der Waals surface area (Å²) < 4.78 is 61.3. The van der Waals surface area contributed by atoms with Crippen LogP contribution < -0.4 is 10.6 Å². The van der Waals surface area contributed by atoms with Gasteiger partial charge in [0, 0.05) is 24.7 Å². The molecule has 0 aliphatic carbocycles. The van der Waals surface area contributed by atoms with E-state index in [4.69, 9.17) is 5.73 Å². The average molecular weight is 411 g/mol. The van der Waals surface area contributed by atoms with Crippen LogP contribution in [0.1, 0.15) is 18.0 Å². The molecule has 0 saturated heterocycles. The SMILES string of the molecule is NC(=O)C1=CCN(c2ccccn2)C(c2ccc(S(=O)(=O)C(F)(F)F)cc2)C1. The van der Waals surface area contributed by atoms with Gasteiger partial charge in [-0.2, -0.15) is 13.2 Å². The molecule has 0 fully saturated rings. The van der Waals surface area contributed by atoms with Crippen molar-refractivity contribution in [1.82, 2.24) is 4.98 Å². The lowest BCUT2D eigenvalue weighted by atomic mass is 9.93. The number of nitrogens with two attached hydrogens (primary N) is 1. The third kappa shape index (κ3) is 3.72. The second-order valence-corrected chi connectivity index (χ2v) is 8.11. The zero-order valence-electron chi connectivity index (χ0n) is 14.4. The van der Waals surface area contributed by atoms with Crippen molar-refractivity contribution in [3.05, 3.63) is 65.9 Å². The molecular weight excluding hydrogens is 395 g/mol. The van der Waals surface area contributed by atoms with Gasteiger partial charge in [0.1, 0.15) is 5.82 Å². The van der Waals surface area contributed by atoms with Gasteiger partial charge in [-0.25, -0.2) is 13.4 Å². The average Bonchev–Trinajstić information content (AvgIpc) is 2.67. The van der Waals surface area contributed by atoms with E-state index in [1.165, 1.54) is 12.1 Å². The molecule has 0 saturated carbocycles. The number of alkyl halides is 3. The number of anilines is 1. The van der Waals surface area contributed by atoms with Gasteiger partial charge in [-0.3, -0.25) is 4.79 Å². The van der Waals surface area contributed by atoms with E-state index in [-0.39, 0.29) is 6.42 Å². The van der Waals surface area contributed by atoms with Crippen LogP contribution in [0.3, 0.4) is 0 Å². The predicted octanol–water partition coefficient (Wildman–Crippen LogP) is 2.74. The van der Waals surface area contributed by atoms with Crippen molar-refractivity contribution in [2.75, 3.05) is 11.4 Å². The standard InChI is InChI=1S/C18H16F3N3O3S/c19-18(20,21)28(26,27)14-6-4-12(5-7-14)15-11-13(17(22)25)8-10-24(15)16-3-1-2-9-23-16/h1-9,15H,10-11H2,(H2,22,25). The molecule has 10 heteroatoms. The van der Waals surface area contributed by atoms with Crippen LogP contribution in [0.15, 0.2) is 65.2 Å². The van der Waals surface area contributed by atoms with E-state index in [1.807, 2.05) is 4.90 Å². The lowest BCUT2D eigenvalue weighted by Gasteiger charge is -2.36. The van der Waals surface area contributed by atoms with Crippen LogP contribution in [0.4, 0.5) is 19.0 Å². The summed E-state index contributed by atoms with van der Waals surface area (Å²) in [6, 6.07) is 9.29. The molecule has 0 bridgehead atoms. The number of carbonyl (C=O) groups is 1. The summed E-state index contributed by atoms with van der Waals surface area (Å²) in [4.78, 5) is 16.9. The summed E-state index contributed by atoms with van der Waals surface area (Å²) in [5.74, 6) is 0.0289. The second-order valence-electron chi connectivity index (χ2n) is 6.17. The van der Waals surface area contributed by atoms with Crippen molar-refractivity contribution in [2.24, 2.45) is 5.73 Å². The number of primary amides is 1. The number of carbonyl (C=O) groups excluding carboxylic acids is 1. The Bertz CT molecular complexity index is 1000. The minimum atomic E-state index is -5.43. The third-order valence-corrected chi connectivity index (χ3v) is 5.97. The second kappa shape index (κ2) is 7.27. The summed E-state index contributed by atoms with van der Waals surface area (Å²) in [7, 11) is -5.43. The number of aromatic nitrogens is 1. The van der Waals surface area contributed by atoms with E-state index < -0.39 is 32.2 Å². The minimum absolute atomic E-state index is 0.220. The summed E-state index contributed by atoms with van der Waals surface area (Å²) >= 11 is 0. The highest BCUT2D eigenvalue weighted by Gasteiger charge is 2.46.